The van der Waals surface area contributed by atoms with Gasteiger partial charge in [-0.15, -0.1) is 11.3 Å². The number of nitrogens with two attached hydrogens (primary N) is 1. The Morgan fingerprint density at radius 3 is 2.65 bits per heavy atom. The van der Waals surface area contributed by atoms with Crippen molar-refractivity contribution in [2.24, 2.45) is 5.73 Å². The van der Waals surface area contributed by atoms with Crippen molar-refractivity contribution in [1.29, 1.82) is 0 Å². The van der Waals surface area contributed by atoms with Crippen LogP contribution in [0, 0.1) is 0 Å². The molecule has 1 aromatic rings. The van der Waals surface area contributed by atoms with Crippen LogP contribution in [0.15, 0.2) is 10.5 Å². The Hall–Kier alpha value is 0.390. The lowest BCUT2D eigenvalue weighted by molar-refractivity contribution is 0.177. The molecule has 1 saturated carbocycles. The van der Waals surface area contributed by atoms with Gasteiger partial charge in [0.25, 0.3) is 0 Å². The first kappa shape index (κ1) is 13.8. The van der Waals surface area contributed by atoms with E-state index < -0.39 is 0 Å². The minimum Gasteiger partial charge on any atom is -0.328 e. The second-order valence-corrected chi connectivity index (χ2v) is 7.41. The number of hydrogen-bond donors (Lipinski definition) is 1. The van der Waals surface area contributed by atoms with E-state index in [4.69, 9.17) is 17.3 Å². The zero-order valence-electron chi connectivity index (χ0n) is 9.96. The minimum absolute atomic E-state index is 0.421. The molecule has 1 heterocycles. The predicted octanol–water partition coefficient (Wildman–Crippen LogP) is 3.87. The van der Waals surface area contributed by atoms with Gasteiger partial charge in [0.2, 0.25) is 0 Å². The standard InChI is InChI=1S/C12H18BrClN2S/c1-16(9-4-2-8(15)3-5-9)7-10-6-11(13)12(14)17-10/h6,8-9H,2-5,7,15H2,1H3. The number of nitrogens with zero attached hydrogens (tertiary/aromatic N) is 1. The van der Waals surface area contributed by atoms with E-state index in [1.54, 1.807) is 11.3 Å². The molecule has 0 spiro atoms. The third-order valence-electron chi connectivity index (χ3n) is 3.47. The Morgan fingerprint density at radius 2 is 2.12 bits per heavy atom. The summed E-state index contributed by atoms with van der Waals surface area (Å²) in [6, 6.07) is 3.22. The highest BCUT2D eigenvalue weighted by molar-refractivity contribution is 9.10. The van der Waals surface area contributed by atoms with Gasteiger partial charge in [0, 0.05) is 28.0 Å². The van der Waals surface area contributed by atoms with Crippen molar-refractivity contribution >= 4 is 38.9 Å². The topological polar surface area (TPSA) is 29.3 Å². The fourth-order valence-electron chi connectivity index (χ4n) is 2.39. The fraction of sp³-hybridized carbons (Fsp3) is 0.667. The molecule has 1 aromatic heterocycles. The van der Waals surface area contributed by atoms with E-state index >= 15 is 0 Å². The molecule has 1 aliphatic carbocycles. The van der Waals surface area contributed by atoms with Crippen molar-refractivity contribution in [3.63, 3.8) is 0 Å². The molecule has 0 bridgehead atoms. The van der Waals surface area contributed by atoms with Crippen molar-refractivity contribution in [2.75, 3.05) is 7.05 Å². The molecule has 1 aliphatic rings. The van der Waals surface area contributed by atoms with Crippen LogP contribution in [0.1, 0.15) is 30.6 Å². The van der Waals surface area contributed by atoms with E-state index in [0.717, 1.165) is 28.2 Å². The summed E-state index contributed by atoms with van der Waals surface area (Å²) in [6.45, 7) is 0.982. The van der Waals surface area contributed by atoms with Crippen molar-refractivity contribution in [1.82, 2.24) is 4.90 Å². The zero-order valence-corrected chi connectivity index (χ0v) is 13.1. The maximum absolute atomic E-state index is 6.05. The van der Waals surface area contributed by atoms with Gasteiger partial charge in [-0.2, -0.15) is 0 Å². The van der Waals surface area contributed by atoms with Crippen molar-refractivity contribution in [3.05, 3.63) is 19.8 Å². The summed E-state index contributed by atoms with van der Waals surface area (Å²) in [5, 5.41) is 0. The smallest absolute Gasteiger partial charge is 0.107 e. The maximum Gasteiger partial charge on any atom is 0.107 e. The van der Waals surface area contributed by atoms with E-state index in [1.807, 2.05) is 0 Å². The molecule has 0 radical (unpaired) electrons. The van der Waals surface area contributed by atoms with Gasteiger partial charge in [0.05, 0.1) is 0 Å². The Morgan fingerprint density at radius 1 is 1.47 bits per heavy atom. The van der Waals surface area contributed by atoms with Crippen LogP contribution >= 0.6 is 38.9 Å². The average Bonchev–Trinajstić information content (AvgIpc) is 2.58. The first-order chi connectivity index (χ1) is 8.06. The molecule has 17 heavy (non-hydrogen) atoms. The zero-order chi connectivity index (χ0) is 12.4. The summed E-state index contributed by atoms with van der Waals surface area (Å²) in [7, 11) is 2.20. The molecule has 0 atom stereocenters. The molecule has 0 aromatic carbocycles. The van der Waals surface area contributed by atoms with Gasteiger partial charge in [-0.3, -0.25) is 4.90 Å². The Balaban J connectivity index is 1.90. The molecule has 96 valence electrons. The van der Waals surface area contributed by atoms with Crippen LogP contribution in [0.4, 0.5) is 0 Å². The van der Waals surface area contributed by atoms with Crippen LogP contribution in [0.2, 0.25) is 4.34 Å². The highest BCUT2D eigenvalue weighted by Gasteiger charge is 2.22. The highest BCUT2D eigenvalue weighted by Crippen LogP contribution is 2.33. The molecule has 5 heteroatoms. The third kappa shape index (κ3) is 3.67. The monoisotopic (exact) mass is 336 g/mol. The minimum atomic E-state index is 0.421. The Labute approximate surface area is 120 Å². The van der Waals surface area contributed by atoms with E-state index in [-0.39, 0.29) is 0 Å². The fourth-order valence-corrected chi connectivity index (χ4v) is 4.24. The molecule has 0 unspecified atom stereocenters. The second kappa shape index (κ2) is 6.02. The van der Waals surface area contributed by atoms with Crippen LogP contribution in [0.25, 0.3) is 0 Å². The summed E-state index contributed by atoms with van der Waals surface area (Å²) in [4.78, 5) is 3.75. The van der Waals surface area contributed by atoms with Crippen molar-refractivity contribution in [2.45, 2.75) is 44.3 Å². The number of rotatable bonds is 3. The summed E-state index contributed by atoms with van der Waals surface area (Å²) >= 11 is 11.2. The van der Waals surface area contributed by atoms with E-state index in [9.17, 15) is 0 Å². The van der Waals surface area contributed by atoms with Gasteiger partial charge >= 0.3 is 0 Å². The molecule has 1 fully saturated rings. The third-order valence-corrected chi connectivity index (χ3v) is 5.93. The van der Waals surface area contributed by atoms with Crippen LogP contribution in [-0.2, 0) is 6.54 Å². The van der Waals surface area contributed by atoms with Gasteiger partial charge < -0.3 is 5.73 Å². The Kier molecular flexibility index (Phi) is 4.89. The summed E-state index contributed by atoms with van der Waals surface area (Å²) in [5.74, 6) is 0. The van der Waals surface area contributed by atoms with E-state index in [0.29, 0.717) is 12.1 Å². The molecular formula is C12H18BrClN2S. The molecular weight excluding hydrogens is 320 g/mol. The number of thiophene rings is 1. The lowest BCUT2D eigenvalue weighted by atomic mass is 9.91. The van der Waals surface area contributed by atoms with Crippen molar-refractivity contribution < 1.29 is 0 Å². The highest BCUT2D eigenvalue weighted by atomic mass is 79.9. The molecule has 2 rings (SSSR count). The molecule has 0 saturated heterocycles. The normalized spacial score (nSPS) is 25.5. The van der Waals surface area contributed by atoms with E-state index in [2.05, 4.69) is 33.9 Å². The first-order valence-electron chi connectivity index (χ1n) is 5.96. The second-order valence-electron chi connectivity index (χ2n) is 4.82. The first-order valence-corrected chi connectivity index (χ1v) is 7.94. The lowest BCUT2D eigenvalue weighted by Gasteiger charge is -2.33. The molecule has 0 aliphatic heterocycles. The van der Waals surface area contributed by atoms with Gasteiger partial charge in [0.15, 0.2) is 0 Å². The van der Waals surface area contributed by atoms with Gasteiger partial charge in [-0.25, -0.2) is 0 Å². The number of halogens is 2. The van der Waals surface area contributed by atoms with E-state index in [1.165, 1.54) is 17.7 Å². The molecule has 2 N–H and O–H groups in total. The molecule has 0 amide bonds. The average molecular weight is 338 g/mol. The van der Waals surface area contributed by atoms with Gasteiger partial charge in [0.1, 0.15) is 4.34 Å². The van der Waals surface area contributed by atoms with Crippen LogP contribution in [0.5, 0.6) is 0 Å². The largest absolute Gasteiger partial charge is 0.328 e. The molecule has 2 nitrogen and oxygen atoms in total. The van der Waals surface area contributed by atoms with Gasteiger partial charge in [-0.05, 0) is 54.7 Å². The van der Waals surface area contributed by atoms with Crippen molar-refractivity contribution in [3.8, 4) is 0 Å². The number of hydrogen-bond acceptors (Lipinski definition) is 3. The Bertz CT molecular complexity index is 355. The lowest BCUT2D eigenvalue weighted by Crippen LogP contribution is -2.38. The van der Waals surface area contributed by atoms with Crippen LogP contribution in [-0.4, -0.2) is 24.0 Å². The van der Waals surface area contributed by atoms with Gasteiger partial charge in [-0.1, -0.05) is 11.6 Å². The predicted molar refractivity (Wildman–Crippen MR) is 78.7 cm³/mol. The quantitative estimate of drug-likeness (QED) is 0.907. The SMILES string of the molecule is CN(Cc1cc(Br)c(Cl)s1)C1CCC(N)CC1. The van der Waals surface area contributed by atoms with Crippen LogP contribution in [0.3, 0.4) is 0 Å². The van der Waals surface area contributed by atoms with Crippen LogP contribution < -0.4 is 5.73 Å². The summed E-state index contributed by atoms with van der Waals surface area (Å²) in [5.41, 5.74) is 5.93. The summed E-state index contributed by atoms with van der Waals surface area (Å²) < 4.78 is 1.86. The maximum atomic E-state index is 6.05. The summed E-state index contributed by atoms with van der Waals surface area (Å²) in [6.07, 6.45) is 4.75.